The van der Waals surface area contributed by atoms with Crippen LogP contribution in [0.4, 0.5) is 5.69 Å². The number of anilines is 1. The van der Waals surface area contributed by atoms with E-state index in [2.05, 4.69) is 39.5 Å². The lowest BCUT2D eigenvalue weighted by Crippen LogP contribution is -2.29. The van der Waals surface area contributed by atoms with E-state index in [4.69, 9.17) is 25.8 Å². The molecule has 1 aliphatic carbocycles. The highest BCUT2D eigenvalue weighted by Gasteiger charge is 2.40. The van der Waals surface area contributed by atoms with Gasteiger partial charge >= 0.3 is 0 Å². The topological polar surface area (TPSA) is 39.7 Å². The van der Waals surface area contributed by atoms with Crippen LogP contribution in [0.2, 0.25) is 5.02 Å². The normalized spacial score (nSPS) is 22.6. The van der Waals surface area contributed by atoms with E-state index in [1.165, 1.54) is 0 Å². The van der Waals surface area contributed by atoms with Gasteiger partial charge in [0.15, 0.2) is 11.5 Å². The Hall–Kier alpha value is -1.85. The van der Waals surface area contributed by atoms with Crippen LogP contribution in [-0.4, -0.2) is 21.3 Å². The SMILES string of the molecule is COc1ccc(Cl)c2c1N[C@H](c1cc(Br)c(OC)c(OC)c1)[C@H]1CC=C[C@H]21. The number of allylic oxidation sites excluding steroid dienone is 2. The molecule has 2 aliphatic rings. The Labute approximate surface area is 172 Å². The van der Waals surface area contributed by atoms with E-state index in [1.807, 2.05) is 18.2 Å². The number of ether oxygens (including phenoxy) is 3. The van der Waals surface area contributed by atoms with Gasteiger partial charge in [-0.1, -0.05) is 23.8 Å². The van der Waals surface area contributed by atoms with Gasteiger partial charge in [0, 0.05) is 16.5 Å². The Morgan fingerprint density at radius 1 is 1.07 bits per heavy atom. The van der Waals surface area contributed by atoms with Crippen molar-refractivity contribution in [1.29, 1.82) is 0 Å². The van der Waals surface area contributed by atoms with Crippen LogP contribution >= 0.6 is 27.5 Å². The zero-order chi connectivity index (χ0) is 19.1. The molecule has 2 aromatic carbocycles. The number of nitrogens with one attached hydrogen (secondary N) is 1. The minimum Gasteiger partial charge on any atom is -0.495 e. The summed E-state index contributed by atoms with van der Waals surface area (Å²) in [5, 5.41) is 4.46. The smallest absolute Gasteiger partial charge is 0.174 e. The fraction of sp³-hybridized carbons (Fsp3) is 0.333. The highest BCUT2D eigenvalue weighted by atomic mass is 79.9. The molecule has 0 radical (unpaired) electrons. The zero-order valence-electron chi connectivity index (χ0n) is 15.4. The van der Waals surface area contributed by atoms with Gasteiger partial charge in [0.1, 0.15) is 5.75 Å². The van der Waals surface area contributed by atoms with Crippen molar-refractivity contribution in [2.45, 2.75) is 18.4 Å². The number of hydrogen-bond acceptors (Lipinski definition) is 4. The lowest BCUT2D eigenvalue weighted by Gasteiger charge is -2.38. The lowest BCUT2D eigenvalue weighted by atomic mass is 9.76. The molecule has 2 aromatic rings. The van der Waals surface area contributed by atoms with Crippen molar-refractivity contribution >= 4 is 33.2 Å². The molecule has 1 N–H and O–H groups in total. The van der Waals surface area contributed by atoms with Crippen molar-refractivity contribution in [2.24, 2.45) is 5.92 Å². The third-order valence-electron chi connectivity index (χ3n) is 5.46. The number of rotatable bonds is 4. The summed E-state index contributed by atoms with van der Waals surface area (Å²) in [5.74, 6) is 2.82. The summed E-state index contributed by atoms with van der Waals surface area (Å²) < 4.78 is 17.5. The van der Waals surface area contributed by atoms with E-state index in [0.29, 0.717) is 17.4 Å². The molecule has 0 amide bonds. The Balaban J connectivity index is 1.85. The summed E-state index contributed by atoms with van der Waals surface area (Å²) in [5.41, 5.74) is 3.21. The van der Waals surface area contributed by atoms with E-state index < -0.39 is 0 Å². The number of hydrogen-bond donors (Lipinski definition) is 1. The van der Waals surface area contributed by atoms with Crippen LogP contribution in [-0.2, 0) is 0 Å². The summed E-state index contributed by atoms with van der Waals surface area (Å²) in [6.45, 7) is 0. The molecule has 1 heterocycles. The van der Waals surface area contributed by atoms with Crippen LogP contribution in [0.25, 0.3) is 0 Å². The maximum atomic E-state index is 6.57. The van der Waals surface area contributed by atoms with E-state index in [9.17, 15) is 0 Å². The first kappa shape index (κ1) is 18.5. The predicted molar refractivity (Wildman–Crippen MR) is 112 cm³/mol. The Bertz CT molecular complexity index is 915. The van der Waals surface area contributed by atoms with Gasteiger partial charge in [-0.05, 0) is 58.1 Å². The van der Waals surface area contributed by atoms with Crippen LogP contribution in [0.3, 0.4) is 0 Å². The Morgan fingerprint density at radius 3 is 2.56 bits per heavy atom. The van der Waals surface area contributed by atoms with Gasteiger partial charge in [0.05, 0.1) is 37.5 Å². The Kier molecular flexibility index (Phi) is 4.99. The molecule has 1 aliphatic heterocycles. The second-order valence-electron chi connectivity index (χ2n) is 6.75. The number of halogens is 2. The van der Waals surface area contributed by atoms with Gasteiger partial charge in [0.2, 0.25) is 0 Å². The number of benzene rings is 2. The standard InChI is InChI=1S/C21H21BrClNO3/c1-25-16-8-7-15(23)18-12-5-4-6-13(12)19(24-20(16)18)11-9-14(22)21(27-3)17(10-11)26-2/h4-5,7-10,12-13,19,24H,6H2,1-3H3/t12-,13-,19+/m0/s1. The van der Waals surface area contributed by atoms with E-state index >= 15 is 0 Å². The fourth-order valence-corrected chi connectivity index (χ4v) is 5.16. The third kappa shape index (κ3) is 2.97. The zero-order valence-corrected chi connectivity index (χ0v) is 17.7. The van der Waals surface area contributed by atoms with Gasteiger partial charge in [-0.3, -0.25) is 0 Å². The van der Waals surface area contributed by atoms with Gasteiger partial charge in [0.25, 0.3) is 0 Å². The second-order valence-corrected chi connectivity index (χ2v) is 8.01. The molecule has 0 saturated heterocycles. The van der Waals surface area contributed by atoms with Gasteiger partial charge < -0.3 is 19.5 Å². The van der Waals surface area contributed by atoms with Gasteiger partial charge in [-0.25, -0.2) is 0 Å². The molecule has 3 atom stereocenters. The molecular formula is C21H21BrClNO3. The summed E-state index contributed by atoms with van der Waals surface area (Å²) in [7, 11) is 4.98. The maximum Gasteiger partial charge on any atom is 0.174 e. The molecule has 0 fully saturated rings. The minimum absolute atomic E-state index is 0.0981. The summed E-state index contributed by atoms with van der Waals surface area (Å²) in [6, 6.07) is 8.06. The first-order valence-corrected chi connectivity index (χ1v) is 9.97. The molecular weight excluding hydrogens is 430 g/mol. The first-order valence-electron chi connectivity index (χ1n) is 8.80. The quantitative estimate of drug-likeness (QED) is 0.584. The fourth-order valence-electron chi connectivity index (χ4n) is 4.25. The van der Waals surface area contributed by atoms with Crippen LogP contribution in [0, 0.1) is 5.92 Å². The average Bonchev–Trinajstić information content (AvgIpc) is 3.16. The highest BCUT2D eigenvalue weighted by Crippen LogP contribution is 2.55. The summed E-state index contributed by atoms with van der Waals surface area (Å²) in [6.07, 6.45) is 5.49. The molecule has 0 spiro atoms. The summed E-state index contributed by atoms with van der Waals surface area (Å²) in [4.78, 5) is 0. The molecule has 27 heavy (non-hydrogen) atoms. The monoisotopic (exact) mass is 449 g/mol. The van der Waals surface area contributed by atoms with Crippen molar-refractivity contribution in [3.05, 3.63) is 57.0 Å². The molecule has 0 aromatic heterocycles. The lowest BCUT2D eigenvalue weighted by molar-refractivity contribution is 0.350. The molecule has 6 heteroatoms. The highest BCUT2D eigenvalue weighted by molar-refractivity contribution is 9.10. The van der Waals surface area contributed by atoms with Gasteiger partial charge in [-0.15, -0.1) is 0 Å². The van der Waals surface area contributed by atoms with E-state index in [1.54, 1.807) is 21.3 Å². The average molecular weight is 451 g/mol. The van der Waals surface area contributed by atoms with E-state index in [-0.39, 0.29) is 12.0 Å². The van der Waals surface area contributed by atoms with Crippen LogP contribution in [0.1, 0.15) is 29.5 Å². The summed E-state index contributed by atoms with van der Waals surface area (Å²) >= 11 is 10.2. The molecule has 142 valence electrons. The first-order chi connectivity index (χ1) is 13.1. The van der Waals surface area contributed by atoms with E-state index in [0.717, 1.165) is 38.5 Å². The molecule has 0 saturated carbocycles. The maximum absolute atomic E-state index is 6.57. The predicted octanol–water partition coefficient (Wildman–Crippen LogP) is 5.95. The van der Waals surface area contributed by atoms with Gasteiger partial charge in [-0.2, -0.15) is 0 Å². The van der Waals surface area contributed by atoms with Crippen molar-refractivity contribution in [1.82, 2.24) is 0 Å². The molecule has 0 bridgehead atoms. The number of methoxy groups -OCH3 is 3. The van der Waals surface area contributed by atoms with Crippen molar-refractivity contribution < 1.29 is 14.2 Å². The second kappa shape index (κ2) is 7.28. The number of fused-ring (bicyclic) bond motifs is 3. The molecule has 0 unspecified atom stereocenters. The van der Waals surface area contributed by atoms with Crippen LogP contribution < -0.4 is 19.5 Å². The van der Waals surface area contributed by atoms with Crippen molar-refractivity contribution in [3.63, 3.8) is 0 Å². The van der Waals surface area contributed by atoms with Crippen LogP contribution in [0.15, 0.2) is 40.9 Å². The van der Waals surface area contributed by atoms with Crippen LogP contribution in [0.5, 0.6) is 17.2 Å². The third-order valence-corrected chi connectivity index (χ3v) is 6.38. The molecule has 4 nitrogen and oxygen atoms in total. The minimum atomic E-state index is 0.0981. The van der Waals surface area contributed by atoms with Crippen molar-refractivity contribution in [2.75, 3.05) is 26.6 Å². The molecule has 4 rings (SSSR count). The van der Waals surface area contributed by atoms with Crippen molar-refractivity contribution in [3.8, 4) is 17.2 Å². The Morgan fingerprint density at radius 2 is 1.85 bits per heavy atom. The largest absolute Gasteiger partial charge is 0.495 e.